The molecular weight excluding hydrogens is 214 g/mol. The summed E-state index contributed by atoms with van der Waals surface area (Å²) in [5, 5.41) is 11.8. The summed E-state index contributed by atoms with van der Waals surface area (Å²) in [6.07, 6.45) is 2.99. The van der Waals surface area contributed by atoms with E-state index >= 15 is 0 Å². The Hall–Kier alpha value is -1.62. The molecule has 5 nitrogen and oxygen atoms in total. The molecule has 2 aromatic heterocycles. The lowest BCUT2D eigenvalue weighted by Crippen LogP contribution is -2.43. The van der Waals surface area contributed by atoms with Gasteiger partial charge in [-0.3, -0.25) is 4.40 Å². The second kappa shape index (κ2) is 4.33. The van der Waals surface area contributed by atoms with Crippen LogP contribution in [0.3, 0.4) is 0 Å². The Morgan fingerprint density at radius 3 is 2.88 bits per heavy atom. The Morgan fingerprint density at radius 1 is 1.29 bits per heavy atom. The third-order valence-corrected chi connectivity index (χ3v) is 3.26. The van der Waals surface area contributed by atoms with Gasteiger partial charge in [-0.1, -0.05) is 6.92 Å². The summed E-state index contributed by atoms with van der Waals surface area (Å²) in [7, 11) is 0. The van der Waals surface area contributed by atoms with Crippen LogP contribution in [0.4, 0.5) is 5.69 Å². The van der Waals surface area contributed by atoms with Gasteiger partial charge >= 0.3 is 0 Å². The molecule has 0 atom stereocenters. The first-order valence-corrected chi connectivity index (χ1v) is 6.18. The van der Waals surface area contributed by atoms with Crippen molar-refractivity contribution in [2.24, 2.45) is 0 Å². The van der Waals surface area contributed by atoms with E-state index in [0.717, 1.165) is 44.1 Å². The molecule has 0 bridgehead atoms. The fourth-order valence-corrected chi connectivity index (χ4v) is 2.29. The summed E-state index contributed by atoms with van der Waals surface area (Å²) in [6.45, 7) is 6.33. The van der Waals surface area contributed by atoms with Crippen LogP contribution in [-0.2, 0) is 6.42 Å². The van der Waals surface area contributed by atoms with Crippen molar-refractivity contribution in [3.8, 4) is 0 Å². The van der Waals surface area contributed by atoms with Crippen LogP contribution in [0.2, 0.25) is 0 Å². The quantitative estimate of drug-likeness (QED) is 0.826. The number of fused-ring (bicyclic) bond motifs is 1. The topological polar surface area (TPSA) is 45.5 Å². The molecule has 0 amide bonds. The molecule has 3 rings (SSSR count). The number of hydrogen-bond acceptors (Lipinski definition) is 4. The van der Waals surface area contributed by atoms with Gasteiger partial charge in [0, 0.05) is 50.6 Å². The molecule has 1 aliphatic rings. The smallest absolute Gasteiger partial charge is 0.162 e. The first kappa shape index (κ1) is 10.5. The lowest BCUT2D eigenvalue weighted by atomic mass is 10.3. The molecule has 1 N–H and O–H groups in total. The van der Waals surface area contributed by atoms with Gasteiger partial charge in [0.1, 0.15) is 5.82 Å². The monoisotopic (exact) mass is 231 g/mol. The Labute approximate surface area is 100 Å². The van der Waals surface area contributed by atoms with Gasteiger partial charge in [0.2, 0.25) is 0 Å². The van der Waals surface area contributed by atoms with Crippen molar-refractivity contribution in [2.45, 2.75) is 13.3 Å². The van der Waals surface area contributed by atoms with E-state index in [1.807, 2.05) is 0 Å². The molecule has 1 aliphatic heterocycles. The van der Waals surface area contributed by atoms with E-state index in [1.165, 1.54) is 5.69 Å². The van der Waals surface area contributed by atoms with E-state index in [-0.39, 0.29) is 0 Å². The average Bonchev–Trinajstić information content (AvgIpc) is 2.81. The number of pyridine rings is 1. The van der Waals surface area contributed by atoms with Crippen LogP contribution in [0.15, 0.2) is 18.3 Å². The Balaban J connectivity index is 1.95. The Bertz CT molecular complexity index is 513. The summed E-state index contributed by atoms with van der Waals surface area (Å²) >= 11 is 0. The average molecular weight is 231 g/mol. The normalized spacial score (nSPS) is 16.6. The number of piperazine rings is 1. The minimum Gasteiger partial charge on any atom is -0.369 e. The first-order valence-electron chi connectivity index (χ1n) is 6.18. The Kier molecular flexibility index (Phi) is 2.68. The van der Waals surface area contributed by atoms with E-state index in [4.69, 9.17) is 0 Å². The van der Waals surface area contributed by atoms with E-state index < -0.39 is 0 Å². The SMILES string of the molecule is CCc1nnc2cc(N3CCNCC3)ccn12. The van der Waals surface area contributed by atoms with Crippen LogP contribution in [0, 0.1) is 0 Å². The molecule has 17 heavy (non-hydrogen) atoms. The van der Waals surface area contributed by atoms with Gasteiger partial charge in [0.15, 0.2) is 5.65 Å². The first-order chi connectivity index (χ1) is 8.38. The summed E-state index contributed by atoms with van der Waals surface area (Å²) in [4.78, 5) is 2.39. The number of rotatable bonds is 2. The van der Waals surface area contributed by atoms with Crippen LogP contribution in [0.25, 0.3) is 5.65 Å². The van der Waals surface area contributed by atoms with E-state index in [9.17, 15) is 0 Å². The Morgan fingerprint density at radius 2 is 2.12 bits per heavy atom. The molecule has 1 saturated heterocycles. The van der Waals surface area contributed by atoms with E-state index in [0.29, 0.717) is 0 Å². The van der Waals surface area contributed by atoms with Gasteiger partial charge in [-0.2, -0.15) is 0 Å². The molecule has 2 aromatic rings. The summed E-state index contributed by atoms with van der Waals surface area (Å²) in [5.74, 6) is 1.02. The highest BCUT2D eigenvalue weighted by Gasteiger charge is 2.12. The molecule has 90 valence electrons. The molecule has 1 fully saturated rings. The summed E-state index contributed by atoms with van der Waals surface area (Å²) in [5.41, 5.74) is 2.19. The van der Waals surface area contributed by atoms with Gasteiger partial charge < -0.3 is 10.2 Å². The zero-order valence-corrected chi connectivity index (χ0v) is 10.1. The highest BCUT2D eigenvalue weighted by atomic mass is 15.3. The van der Waals surface area contributed by atoms with Gasteiger partial charge in [-0.25, -0.2) is 0 Å². The second-order valence-corrected chi connectivity index (χ2v) is 4.32. The standard InChI is InChI=1S/C12H17N5/c1-2-11-14-15-12-9-10(3-6-17(11)12)16-7-4-13-5-8-16/h3,6,9,13H,2,4-5,7-8H2,1H3. The van der Waals surface area contributed by atoms with E-state index in [2.05, 4.69) is 50.1 Å². The zero-order valence-electron chi connectivity index (χ0n) is 10.1. The number of anilines is 1. The third-order valence-electron chi connectivity index (χ3n) is 3.26. The predicted molar refractivity (Wildman–Crippen MR) is 67.4 cm³/mol. The van der Waals surface area contributed by atoms with Gasteiger partial charge in [0.05, 0.1) is 0 Å². The van der Waals surface area contributed by atoms with Gasteiger partial charge in [-0.15, -0.1) is 10.2 Å². The van der Waals surface area contributed by atoms with Crippen LogP contribution < -0.4 is 10.2 Å². The molecular formula is C12H17N5. The van der Waals surface area contributed by atoms with Crippen molar-refractivity contribution >= 4 is 11.3 Å². The molecule has 0 saturated carbocycles. The van der Waals surface area contributed by atoms with Crippen LogP contribution in [0.5, 0.6) is 0 Å². The number of nitrogens with zero attached hydrogens (tertiary/aromatic N) is 4. The number of aromatic nitrogens is 3. The van der Waals surface area contributed by atoms with Crippen LogP contribution >= 0.6 is 0 Å². The molecule has 0 unspecified atom stereocenters. The molecule has 5 heteroatoms. The predicted octanol–water partition coefficient (Wildman–Crippen LogP) is 0.701. The summed E-state index contributed by atoms with van der Waals surface area (Å²) in [6, 6.07) is 4.28. The van der Waals surface area contributed by atoms with Crippen molar-refractivity contribution in [2.75, 3.05) is 31.1 Å². The van der Waals surface area contributed by atoms with Crippen molar-refractivity contribution < 1.29 is 0 Å². The largest absolute Gasteiger partial charge is 0.369 e. The lowest BCUT2D eigenvalue weighted by Gasteiger charge is -2.29. The van der Waals surface area contributed by atoms with E-state index in [1.54, 1.807) is 0 Å². The molecule has 3 heterocycles. The minimum absolute atomic E-state index is 0.911. The maximum absolute atomic E-state index is 4.22. The maximum atomic E-state index is 4.22. The highest BCUT2D eigenvalue weighted by molar-refractivity contribution is 5.56. The van der Waals surface area contributed by atoms with Crippen LogP contribution in [-0.4, -0.2) is 40.8 Å². The van der Waals surface area contributed by atoms with Crippen LogP contribution in [0.1, 0.15) is 12.7 Å². The highest BCUT2D eigenvalue weighted by Crippen LogP contribution is 2.17. The van der Waals surface area contributed by atoms with Crippen molar-refractivity contribution in [3.63, 3.8) is 0 Å². The van der Waals surface area contributed by atoms with Gasteiger partial charge in [-0.05, 0) is 6.07 Å². The second-order valence-electron chi connectivity index (χ2n) is 4.32. The fraction of sp³-hybridized carbons (Fsp3) is 0.500. The molecule has 0 radical (unpaired) electrons. The lowest BCUT2D eigenvalue weighted by molar-refractivity contribution is 0.589. The van der Waals surface area contributed by atoms with Crippen molar-refractivity contribution in [1.82, 2.24) is 19.9 Å². The fourth-order valence-electron chi connectivity index (χ4n) is 2.29. The van der Waals surface area contributed by atoms with Gasteiger partial charge in [0.25, 0.3) is 0 Å². The third kappa shape index (κ3) is 1.86. The molecule has 0 aromatic carbocycles. The van der Waals surface area contributed by atoms with Crippen molar-refractivity contribution in [3.05, 3.63) is 24.2 Å². The minimum atomic E-state index is 0.911. The summed E-state index contributed by atoms with van der Waals surface area (Å²) < 4.78 is 2.06. The van der Waals surface area contributed by atoms with Crippen molar-refractivity contribution in [1.29, 1.82) is 0 Å². The molecule has 0 spiro atoms. The number of nitrogens with one attached hydrogen (secondary N) is 1. The maximum Gasteiger partial charge on any atom is 0.162 e. The molecule has 0 aliphatic carbocycles. The number of aryl methyl sites for hydroxylation is 1. The zero-order chi connectivity index (χ0) is 11.7. The number of hydrogen-bond donors (Lipinski definition) is 1.